The Balaban J connectivity index is 1.86. The number of oxazole rings is 1. The number of hydrogen-bond acceptors (Lipinski definition) is 4. The zero-order valence-corrected chi connectivity index (χ0v) is 13.6. The Kier molecular flexibility index (Phi) is 3.92. The van der Waals surface area contributed by atoms with Gasteiger partial charge in [0.1, 0.15) is 0 Å². The predicted octanol–water partition coefficient (Wildman–Crippen LogP) is 3.76. The lowest BCUT2D eigenvalue weighted by Gasteiger charge is -2.09. The van der Waals surface area contributed by atoms with Crippen molar-refractivity contribution >= 4 is 15.7 Å². The van der Waals surface area contributed by atoms with Crippen molar-refractivity contribution in [2.75, 3.05) is 4.72 Å². The number of anilines is 1. The number of rotatable bonds is 4. The second-order valence-corrected chi connectivity index (χ2v) is 6.93. The molecule has 3 aromatic rings. The molecule has 2 aromatic carbocycles. The Morgan fingerprint density at radius 2 is 1.78 bits per heavy atom. The highest BCUT2D eigenvalue weighted by Gasteiger charge is 2.15. The molecular formula is C17H16N2O3S. The zero-order chi connectivity index (χ0) is 16.4. The third-order valence-electron chi connectivity index (χ3n) is 3.34. The van der Waals surface area contributed by atoms with Crippen molar-refractivity contribution in [3.8, 4) is 11.3 Å². The number of nitrogens with one attached hydrogen (secondary N) is 1. The van der Waals surface area contributed by atoms with E-state index in [0.717, 1.165) is 11.1 Å². The van der Waals surface area contributed by atoms with Crippen LogP contribution in [0, 0.1) is 13.8 Å². The van der Waals surface area contributed by atoms with Crippen molar-refractivity contribution in [3.05, 3.63) is 66.2 Å². The van der Waals surface area contributed by atoms with Gasteiger partial charge in [0.15, 0.2) is 11.7 Å². The van der Waals surface area contributed by atoms with E-state index in [1.54, 1.807) is 49.5 Å². The van der Waals surface area contributed by atoms with Crippen molar-refractivity contribution in [2.24, 2.45) is 0 Å². The summed E-state index contributed by atoms with van der Waals surface area (Å²) in [6.45, 7) is 3.67. The fourth-order valence-corrected chi connectivity index (χ4v) is 3.27. The van der Waals surface area contributed by atoms with E-state index in [9.17, 15) is 8.42 Å². The lowest BCUT2D eigenvalue weighted by atomic mass is 10.2. The fourth-order valence-electron chi connectivity index (χ4n) is 2.22. The summed E-state index contributed by atoms with van der Waals surface area (Å²) in [5.74, 6) is 1.18. The van der Waals surface area contributed by atoms with E-state index in [2.05, 4.69) is 9.71 Å². The van der Waals surface area contributed by atoms with E-state index in [1.807, 2.05) is 19.1 Å². The van der Waals surface area contributed by atoms with Crippen LogP contribution in [-0.4, -0.2) is 13.4 Å². The van der Waals surface area contributed by atoms with Crippen LogP contribution in [0.4, 0.5) is 5.69 Å². The second kappa shape index (κ2) is 5.89. The molecule has 0 aliphatic carbocycles. The van der Waals surface area contributed by atoms with Gasteiger partial charge >= 0.3 is 0 Å². The average Bonchev–Trinajstić information content (AvgIpc) is 2.93. The maximum absolute atomic E-state index is 12.4. The average molecular weight is 328 g/mol. The standard InChI is InChI=1S/C17H16N2O3S/c1-12-4-3-5-15(10-12)19-23(20,21)16-8-6-14(7-9-16)17-11-18-13(2)22-17/h3-11,19H,1-2H3. The molecule has 0 saturated carbocycles. The van der Waals surface area contributed by atoms with Crippen molar-refractivity contribution in [2.45, 2.75) is 18.7 Å². The number of aromatic nitrogens is 1. The fraction of sp³-hybridized carbons (Fsp3) is 0.118. The molecule has 0 spiro atoms. The summed E-state index contributed by atoms with van der Waals surface area (Å²) in [5.41, 5.74) is 2.31. The monoisotopic (exact) mass is 328 g/mol. The lowest BCUT2D eigenvalue weighted by molar-refractivity contribution is 0.534. The zero-order valence-electron chi connectivity index (χ0n) is 12.8. The molecule has 0 unspecified atom stereocenters. The molecule has 1 N–H and O–H groups in total. The summed E-state index contributed by atoms with van der Waals surface area (Å²) in [7, 11) is -3.62. The molecule has 0 aliphatic rings. The Hall–Kier alpha value is -2.60. The largest absolute Gasteiger partial charge is 0.441 e. The van der Waals surface area contributed by atoms with Crippen molar-refractivity contribution in [1.82, 2.24) is 4.98 Å². The first kappa shape index (κ1) is 15.3. The van der Waals surface area contributed by atoms with Gasteiger partial charge in [-0.2, -0.15) is 0 Å². The molecule has 5 nitrogen and oxygen atoms in total. The molecule has 23 heavy (non-hydrogen) atoms. The SMILES string of the molecule is Cc1cccc(NS(=O)(=O)c2ccc(-c3cnc(C)o3)cc2)c1. The van der Waals surface area contributed by atoms with E-state index >= 15 is 0 Å². The molecule has 0 radical (unpaired) electrons. The third-order valence-corrected chi connectivity index (χ3v) is 4.74. The Labute approximate surface area is 135 Å². The molecule has 1 heterocycles. The molecule has 0 fully saturated rings. The van der Waals surface area contributed by atoms with Crippen LogP contribution in [0.3, 0.4) is 0 Å². The van der Waals surface area contributed by atoms with Gasteiger partial charge in [-0.3, -0.25) is 4.72 Å². The summed E-state index contributed by atoms with van der Waals surface area (Å²) >= 11 is 0. The van der Waals surface area contributed by atoms with E-state index in [0.29, 0.717) is 17.3 Å². The Morgan fingerprint density at radius 3 is 2.39 bits per heavy atom. The Morgan fingerprint density at radius 1 is 1.04 bits per heavy atom. The first-order valence-electron chi connectivity index (χ1n) is 7.06. The van der Waals surface area contributed by atoms with Gasteiger partial charge in [0.2, 0.25) is 0 Å². The second-order valence-electron chi connectivity index (χ2n) is 5.24. The number of nitrogens with zero attached hydrogens (tertiary/aromatic N) is 1. The summed E-state index contributed by atoms with van der Waals surface area (Å²) in [6.07, 6.45) is 1.61. The smallest absolute Gasteiger partial charge is 0.261 e. The van der Waals surface area contributed by atoms with Crippen molar-refractivity contribution in [3.63, 3.8) is 0 Å². The van der Waals surface area contributed by atoms with Gasteiger partial charge in [0.25, 0.3) is 10.0 Å². The molecule has 118 valence electrons. The summed E-state index contributed by atoms with van der Waals surface area (Å²) in [4.78, 5) is 4.22. The van der Waals surface area contributed by atoms with Crippen LogP contribution >= 0.6 is 0 Å². The number of sulfonamides is 1. The van der Waals surface area contributed by atoms with Gasteiger partial charge < -0.3 is 4.42 Å². The summed E-state index contributed by atoms with van der Waals surface area (Å²) < 4.78 is 32.8. The molecule has 0 amide bonds. The molecule has 0 bridgehead atoms. The van der Waals surface area contributed by atoms with Crippen LogP contribution in [0.25, 0.3) is 11.3 Å². The molecular weight excluding hydrogens is 312 g/mol. The number of benzene rings is 2. The van der Waals surface area contributed by atoms with Gasteiger partial charge in [0, 0.05) is 18.2 Å². The normalized spacial score (nSPS) is 11.4. The molecule has 0 saturated heterocycles. The number of aryl methyl sites for hydroxylation is 2. The number of hydrogen-bond donors (Lipinski definition) is 1. The minimum absolute atomic E-state index is 0.194. The van der Waals surface area contributed by atoms with E-state index in [-0.39, 0.29) is 4.90 Å². The van der Waals surface area contributed by atoms with Crippen LogP contribution in [0.15, 0.2) is 64.0 Å². The van der Waals surface area contributed by atoms with Crippen LogP contribution in [0.1, 0.15) is 11.5 Å². The highest BCUT2D eigenvalue weighted by Crippen LogP contribution is 2.23. The van der Waals surface area contributed by atoms with Crippen LogP contribution in [0.2, 0.25) is 0 Å². The predicted molar refractivity (Wildman–Crippen MR) is 88.7 cm³/mol. The summed E-state index contributed by atoms with van der Waals surface area (Å²) in [5, 5.41) is 0. The minimum Gasteiger partial charge on any atom is -0.441 e. The molecule has 0 aliphatic heterocycles. The highest BCUT2D eigenvalue weighted by molar-refractivity contribution is 7.92. The topological polar surface area (TPSA) is 72.2 Å². The van der Waals surface area contributed by atoms with Gasteiger partial charge in [-0.1, -0.05) is 12.1 Å². The van der Waals surface area contributed by atoms with Crippen molar-refractivity contribution in [1.29, 1.82) is 0 Å². The van der Waals surface area contributed by atoms with Crippen LogP contribution in [-0.2, 0) is 10.0 Å². The maximum Gasteiger partial charge on any atom is 0.261 e. The van der Waals surface area contributed by atoms with Gasteiger partial charge in [0.05, 0.1) is 11.1 Å². The minimum atomic E-state index is -3.62. The van der Waals surface area contributed by atoms with E-state index in [4.69, 9.17) is 4.42 Å². The van der Waals surface area contributed by atoms with Gasteiger partial charge in [-0.25, -0.2) is 13.4 Å². The first-order valence-corrected chi connectivity index (χ1v) is 8.55. The molecule has 0 atom stereocenters. The van der Waals surface area contributed by atoms with Crippen LogP contribution in [0.5, 0.6) is 0 Å². The lowest BCUT2D eigenvalue weighted by Crippen LogP contribution is -2.12. The molecule has 1 aromatic heterocycles. The van der Waals surface area contributed by atoms with E-state index < -0.39 is 10.0 Å². The van der Waals surface area contributed by atoms with Gasteiger partial charge in [-0.05, 0) is 48.9 Å². The maximum atomic E-state index is 12.4. The quantitative estimate of drug-likeness (QED) is 0.791. The Bertz CT molecular complexity index is 928. The first-order chi connectivity index (χ1) is 10.9. The molecule has 3 rings (SSSR count). The van der Waals surface area contributed by atoms with Crippen LogP contribution < -0.4 is 4.72 Å². The van der Waals surface area contributed by atoms with Gasteiger partial charge in [-0.15, -0.1) is 0 Å². The van der Waals surface area contributed by atoms with Crippen molar-refractivity contribution < 1.29 is 12.8 Å². The third kappa shape index (κ3) is 3.43. The highest BCUT2D eigenvalue weighted by atomic mass is 32.2. The summed E-state index contributed by atoms with van der Waals surface area (Å²) in [6, 6.07) is 13.7. The molecule has 6 heteroatoms. The van der Waals surface area contributed by atoms with E-state index in [1.165, 1.54) is 0 Å².